The minimum atomic E-state index is -3.99. The molecule has 1 unspecified atom stereocenters. The summed E-state index contributed by atoms with van der Waals surface area (Å²) < 4.78 is 27.3. The van der Waals surface area contributed by atoms with E-state index in [9.17, 15) is 23.3 Å². The Morgan fingerprint density at radius 3 is 2.50 bits per heavy atom. The highest BCUT2D eigenvalue weighted by molar-refractivity contribution is 7.89. The lowest BCUT2D eigenvalue weighted by molar-refractivity contribution is -0.385. The van der Waals surface area contributed by atoms with Crippen LogP contribution in [0, 0.1) is 24.0 Å². The number of nitro groups is 1. The number of hydrogen-bond acceptors (Lipinski definition) is 5. The topological polar surface area (TPSA) is 101 Å². The van der Waals surface area contributed by atoms with Crippen LogP contribution in [0.5, 0.6) is 0 Å². The Bertz CT molecular complexity index is 789. The molecule has 0 radical (unpaired) electrons. The van der Waals surface area contributed by atoms with E-state index >= 15 is 0 Å². The number of carbonyl (C=O) groups is 1. The maximum Gasteiger partial charge on any atom is 0.271 e. The minimum Gasteiger partial charge on any atom is -0.347 e. The predicted molar refractivity (Wildman–Crippen MR) is 88.2 cm³/mol. The normalized spacial score (nSPS) is 18.6. The van der Waals surface area contributed by atoms with Crippen LogP contribution in [0.25, 0.3) is 0 Å². The third kappa shape index (κ3) is 3.13. The number of nitrogens with zero attached hydrogens (tertiary/aromatic N) is 3. The van der Waals surface area contributed by atoms with E-state index in [4.69, 9.17) is 0 Å². The zero-order chi connectivity index (χ0) is 18.2. The van der Waals surface area contributed by atoms with Crippen LogP contribution >= 0.6 is 0 Å². The molecule has 1 aliphatic heterocycles. The van der Waals surface area contributed by atoms with E-state index in [2.05, 4.69) is 0 Å². The van der Waals surface area contributed by atoms with Crippen molar-refractivity contribution in [2.24, 2.45) is 0 Å². The molecule has 1 aromatic carbocycles. The van der Waals surface area contributed by atoms with E-state index in [1.54, 1.807) is 27.9 Å². The lowest BCUT2D eigenvalue weighted by Crippen LogP contribution is -2.45. The molecule has 0 spiro atoms. The number of nitro benzene ring substituents is 1. The van der Waals surface area contributed by atoms with Gasteiger partial charge in [0.1, 0.15) is 6.04 Å². The first-order valence-electron chi connectivity index (χ1n) is 7.56. The molecule has 0 saturated carbocycles. The van der Waals surface area contributed by atoms with E-state index in [0.717, 1.165) is 6.07 Å². The number of amides is 1. The molecule has 0 aromatic heterocycles. The number of hydrogen-bond donors (Lipinski definition) is 0. The molecule has 1 aromatic rings. The lowest BCUT2D eigenvalue weighted by Gasteiger charge is -2.26. The second-order valence-electron chi connectivity index (χ2n) is 6.15. The molecule has 1 saturated heterocycles. The molecule has 132 valence electrons. The Morgan fingerprint density at radius 2 is 1.96 bits per heavy atom. The molecule has 1 amide bonds. The van der Waals surface area contributed by atoms with Crippen molar-refractivity contribution in [3.8, 4) is 0 Å². The smallest absolute Gasteiger partial charge is 0.271 e. The highest BCUT2D eigenvalue weighted by Crippen LogP contribution is 2.32. The van der Waals surface area contributed by atoms with Gasteiger partial charge in [-0.3, -0.25) is 14.9 Å². The molecular weight excluding hydrogens is 334 g/mol. The summed E-state index contributed by atoms with van der Waals surface area (Å²) in [5, 5.41) is 11.1. The molecule has 0 aliphatic carbocycles. The van der Waals surface area contributed by atoms with Gasteiger partial charge in [-0.2, -0.15) is 4.31 Å². The van der Waals surface area contributed by atoms with Crippen molar-refractivity contribution < 1.29 is 18.1 Å². The fourth-order valence-corrected chi connectivity index (χ4v) is 4.85. The minimum absolute atomic E-state index is 0.104. The van der Waals surface area contributed by atoms with Gasteiger partial charge < -0.3 is 4.90 Å². The van der Waals surface area contributed by atoms with Crippen LogP contribution in [0.4, 0.5) is 5.69 Å². The summed E-state index contributed by atoms with van der Waals surface area (Å²) in [6.07, 6.45) is 1.03. The monoisotopic (exact) mass is 355 g/mol. The van der Waals surface area contributed by atoms with Crippen LogP contribution in [-0.4, -0.2) is 55.1 Å². The van der Waals surface area contributed by atoms with Gasteiger partial charge >= 0.3 is 0 Å². The highest BCUT2D eigenvalue weighted by Gasteiger charge is 2.41. The Balaban J connectivity index is 2.54. The second kappa shape index (κ2) is 6.48. The van der Waals surface area contributed by atoms with Gasteiger partial charge in [0.15, 0.2) is 0 Å². The first-order chi connectivity index (χ1) is 11.1. The fourth-order valence-electron chi connectivity index (χ4n) is 2.88. The van der Waals surface area contributed by atoms with Crippen LogP contribution in [-0.2, 0) is 14.8 Å². The van der Waals surface area contributed by atoms with Crippen molar-refractivity contribution in [1.82, 2.24) is 9.21 Å². The number of likely N-dealkylation sites (N-methyl/N-ethyl adjacent to an activating group) is 1. The third-order valence-corrected chi connectivity index (χ3v) is 6.37. The van der Waals surface area contributed by atoms with Gasteiger partial charge in [-0.1, -0.05) is 0 Å². The number of benzene rings is 1. The van der Waals surface area contributed by atoms with Gasteiger partial charge in [-0.25, -0.2) is 8.42 Å². The number of sulfonamides is 1. The van der Waals surface area contributed by atoms with Crippen LogP contribution < -0.4 is 0 Å². The average Bonchev–Trinajstić information content (AvgIpc) is 2.98. The largest absolute Gasteiger partial charge is 0.347 e. The zero-order valence-corrected chi connectivity index (χ0v) is 15.0. The first kappa shape index (κ1) is 18.3. The summed E-state index contributed by atoms with van der Waals surface area (Å²) in [5.74, 6) is -0.282. The molecule has 0 bridgehead atoms. The molecule has 24 heavy (non-hydrogen) atoms. The lowest BCUT2D eigenvalue weighted by atomic mass is 10.1. The summed E-state index contributed by atoms with van der Waals surface area (Å²) in [7, 11) is -0.839. The van der Waals surface area contributed by atoms with Crippen molar-refractivity contribution in [3.05, 3.63) is 33.4 Å². The molecule has 8 nitrogen and oxygen atoms in total. The van der Waals surface area contributed by atoms with Crippen molar-refractivity contribution in [2.45, 2.75) is 37.6 Å². The van der Waals surface area contributed by atoms with Crippen LogP contribution in [0.2, 0.25) is 0 Å². The van der Waals surface area contributed by atoms with Gasteiger partial charge in [0, 0.05) is 32.8 Å². The SMILES string of the molecule is Cc1cc([N+](=O)[O-])cc(S(=O)(=O)N2CCCC2C(=O)N(C)C)c1C. The maximum atomic E-state index is 13.1. The van der Waals surface area contributed by atoms with Gasteiger partial charge in [-0.15, -0.1) is 0 Å². The first-order valence-corrected chi connectivity index (χ1v) is 9.00. The molecule has 1 fully saturated rings. The summed E-state index contributed by atoms with van der Waals surface area (Å²) in [6, 6.07) is 1.66. The Morgan fingerprint density at radius 1 is 1.33 bits per heavy atom. The van der Waals surface area contributed by atoms with Crippen molar-refractivity contribution in [1.29, 1.82) is 0 Å². The molecule has 2 rings (SSSR count). The van der Waals surface area contributed by atoms with Crippen LogP contribution in [0.1, 0.15) is 24.0 Å². The Hall–Kier alpha value is -2.00. The van der Waals surface area contributed by atoms with Crippen LogP contribution in [0.3, 0.4) is 0 Å². The molecule has 1 atom stereocenters. The van der Waals surface area contributed by atoms with Gasteiger partial charge in [0.2, 0.25) is 15.9 Å². The van der Waals surface area contributed by atoms with Gasteiger partial charge in [0.05, 0.1) is 9.82 Å². The summed E-state index contributed by atoms with van der Waals surface area (Å²) in [4.78, 5) is 24.0. The third-order valence-electron chi connectivity index (χ3n) is 4.33. The number of carbonyl (C=O) groups excluding carboxylic acids is 1. The van der Waals surface area contributed by atoms with Crippen molar-refractivity contribution in [3.63, 3.8) is 0 Å². The summed E-state index contributed by atoms with van der Waals surface area (Å²) in [5.41, 5.74) is 0.715. The maximum absolute atomic E-state index is 13.1. The Labute approximate surface area is 141 Å². The zero-order valence-electron chi connectivity index (χ0n) is 14.1. The molecule has 1 aliphatic rings. The molecular formula is C15H21N3O5S. The predicted octanol–water partition coefficient (Wildman–Crippen LogP) is 1.45. The van der Waals surface area contributed by atoms with Crippen LogP contribution in [0.15, 0.2) is 17.0 Å². The van der Waals surface area contributed by atoms with E-state index < -0.39 is 21.0 Å². The summed E-state index contributed by atoms with van der Waals surface area (Å²) >= 11 is 0. The van der Waals surface area contributed by atoms with Crippen molar-refractivity contribution >= 4 is 21.6 Å². The highest BCUT2D eigenvalue weighted by atomic mass is 32.2. The standard InChI is InChI=1S/C15H21N3O5S/c1-10-8-12(18(20)21)9-14(11(10)2)24(22,23)17-7-5-6-13(17)15(19)16(3)4/h8-9,13H,5-7H2,1-4H3. The Kier molecular flexibility index (Phi) is 4.95. The average molecular weight is 355 g/mol. The number of rotatable bonds is 4. The van der Waals surface area contributed by atoms with E-state index in [0.29, 0.717) is 24.0 Å². The fraction of sp³-hybridized carbons (Fsp3) is 0.533. The molecule has 1 heterocycles. The quantitative estimate of drug-likeness (QED) is 0.601. The number of aryl methyl sites for hydroxylation is 1. The second-order valence-corrected chi connectivity index (χ2v) is 8.01. The number of non-ortho nitro benzene ring substituents is 1. The van der Waals surface area contributed by atoms with Crippen molar-refractivity contribution in [2.75, 3.05) is 20.6 Å². The molecule has 0 N–H and O–H groups in total. The summed E-state index contributed by atoms with van der Waals surface area (Å²) in [6.45, 7) is 3.48. The van der Waals surface area contributed by atoms with Gasteiger partial charge in [0.25, 0.3) is 5.69 Å². The van der Waals surface area contributed by atoms with E-state index in [1.807, 2.05) is 0 Å². The van der Waals surface area contributed by atoms with Gasteiger partial charge in [-0.05, 0) is 37.8 Å². The molecule has 9 heteroatoms. The van der Waals surface area contributed by atoms with E-state index in [-0.39, 0.29) is 23.0 Å². The van der Waals surface area contributed by atoms with E-state index in [1.165, 1.54) is 15.3 Å².